The summed E-state index contributed by atoms with van der Waals surface area (Å²) in [6, 6.07) is 10.7. The van der Waals surface area contributed by atoms with Crippen LogP contribution in [0.4, 0.5) is 30.7 Å². The Labute approximate surface area is 165 Å². The van der Waals surface area contributed by atoms with Gasteiger partial charge in [-0.3, -0.25) is 0 Å². The number of thiophene rings is 2. The predicted octanol–water partition coefficient (Wildman–Crippen LogP) is 8.20. The van der Waals surface area contributed by atoms with Gasteiger partial charge in [-0.1, -0.05) is 24.3 Å². The summed E-state index contributed by atoms with van der Waals surface area (Å²) >= 11 is 6.20. The summed E-state index contributed by atoms with van der Waals surface area (Å²) in [6.45, 7) is 0. The molecule has 0 aliphatic heterocycles. The molecule has 27 heavy (non-hydrogen) atoms. The molecule has 0 radical (unpaired) electrons. The Morgan fingerprint density at radius 2 is 1.15 bits per heavy atom. The van der Waals surface area contributed by atoms with Gasteiger partial charge in [-0.2, -0.15) is 30.7 Å². The maximum absolute atomic E-state index is 13.7. The van der Waals surface area contributed by atoms with Crippen molar-refractivity contribution in [2.24, 2.45) is 0 Å². The summed E-state index contributed by atoms with van der Waals surface area (Å²) < 4.78 is 91.5. The highest BCUT2D eigenvalue weighted by Crippen LogP contribution is 2.52. The number of alkyl halides is 7. The first-order valence-corrected chi connectivity index (χ1v) is 9.65. The van der Waals surface area contributed by atoms with Crippen LogP contribution in [0.2, 0.25) is 0 Å². The van der Waals surface area contributed by atoms with Crippen LogP contribution in [0.25, 0.3) is 20.2 Å². The van der Waals surface area contributed by atoms with Crippen LogP contribution in [-0.2, 0) is 5.92 Å². The van der Waals surface area contributed by atoms with Gasteiger partial charge in [0.15, 0.2) is 0 Å². The Bertz CT molecular complexity index is 939. The lowest BCUT2D eigenvalue weighted by Gasteiger charge is -2.28. The lowest BCUT2D eigenvalue weighted by Crippen LogP contribution is -2.49. The smallest absolute Gasteiger partial charge is 0.194 e. The standard InChI is InChI=1S/C17H8BrF7S2/c18-14-8-7-13(27-14)12-6-5-11(26-12)9-1-3-10(4-2-9)15(19,20)16(21,22)17(23,24)25/h1-8H. The summed E-state index contributed by atoms with van der Waals surface area (Å²) in [5.74, 6) is -11.5. The molecule has 3 aromatic rings. The van der Waals surface area contributed by atoms with E-state index in [4.69, 9.17) is 0 Å². The summed E-state index contributed by atoms with van der Waals surface area (Å²) in [7, 11) is 0. The van der Waals surface area contributed by atoms with Crippen molar-refractivity contribution in [2.45, 2.75) is 18.0 Å². The topological polar surface area (TPSA) is 0 Å². The molecule has 0 fully saturated rings. The fourth-order valence-corrected chi connectivity index (χ4v) is 4.76. The molecular weight excluding hydrogens is 481 g/mol. The fourth-order valence-electron chi connectivity index (χ4n) is 2.28. The minimum atomic E-state index is -6.35. The van der Waals surface area contributed by atoms with Crippen molar-refractivity contribution in [1.29, 1.82) is 0 Å². The Balaban J connectivity index is 1.89. The fraction of sp³-hybridized carbons (Fsp3) is 0.176. The molecule has 0 aliphatic carbocycles. The first kappa shape index (κ1) is 20.3. The van der Waals surface area contributed by atoms with E-state index in [-0.39, 0.29) is 0 Å². The second-order valence-electron chi connectivity index (χ2n) is 5.49. The first-order chi connectivity index (χ1) is 12.4. The molecule has 10 heteroatoms. The van der Waals surface area contributed by atoms with Crippen LogP contribution in [0.1, 0.15) is 5.56 Å². The molecule has 2 heterocycles. The number of rotatable bonds is 4. The van der Waals surface area contributed by atoms with Gasteiger partial charge in [0.25, 0.3) is 0 Å². The van der Waals surface area contributed by atoms with Crippen molar-refractivity contribution < 1.29 is 30.7 Å². The maximum atomic E-state index is 13.7. The van der Waals surface area contributed by atoms with Crippen molar-refractivity contribution in [1.82, 2.24) is 0 Å². The summed E-state index contributed by atoms with van der Waals surface area (Å²) in [6.07, 6.45) is -6.35. The molecule has 1 aromatic carbocycles. The van der Waals surface area contributed by atoms with Crippen molar-refractivity contribution >= 4 is 38.6 Å². The van der Waals surface area contributed by atoms with Crippen LogP contribution >= 0.6 is 38.6 Å². The number of hydrogen-bond donors (Lipinski definition) is 0. The minimum absolute atomic E-state index is 0.441. The lowest BCUT2D eigenvalue weighted by atomic mass is 10.00. The number of hydrogen-bond acceptors (Lipinski definition) is 2. The van der Waals surface area contributed by atoms with Gasteiger partial charge >= 0.3 is 18.0 Å². The third kappa shape index (κ3) is 3.66. The number of halogens is 8. The van der Waals surface area contributed by atoms with Gasteiger partial charge in [-0.15, -0.1) is 22.7 Å². The lowest BCUT2D eigenvalue weighted by molar-refractivity contribution is -0.359. The van der Waals surface area contributed by atoms with E-state index in [2.05, 4.69) is 15.9 Å². The molecule has 0 amide bonds. The zero-order chi connectivity index (χ0) is 20.0. The average molecular weight is 489 g/mol. The quantitative estimate of drug-likeness (QED) is 0.324. The molecule has 0 nitrogen and oxygen atoms in total. The van der Waals surface area contributed by atoms with Crippen molar-refractivity contribution in [3.8, 4) is 20.2 Å². The molecule has 0 spiro atoms. The van der Waals surface area contributed by atoms with Crippen molar-refractivity contribution in [2.75, 3.05) is 0 Å². The largest absolute Gasteiger partial charge is 0.460 e. The zero-order valence-electron chi connectivity index (χ0n) is 13.0. The van der Waals surface area contributed by atoms with Crippen LogP contribution in [0, 0.1) is 0 Å². The molecule has 144 valence electrons. The molecule has 0 saturated heterocycles. The normalized spacial score (nSPS) is 13.2. The molecule has 0 aliphatic rings. The van der Waals surface area contributed by atoms with Crippen LogP contribution < -0.4 is 0 Å². The molecule has 0 saturated carbocycles. The van der Waals surface area contributed by atoms with E-state index in [1.165, 1.54) is 22.7 Å². The van der Waals surface area contributed by atoms with E-state index in [0.717, 1.165) is 25.7 Å². The Morgan fingerprint density at radius 3 is 1.67 bits per heavy atom. The van der Waals surface area contributed by atoms with Gasteiger partial charge in [0.2, 0.25) is 0 Å². The second-order valence-corrected chi connectivity index (χ2v) is 9.04. The van der Waals surface area contributed by atoms with Gasteiger partial charge < -0.3 is 0 Å². The van der Waals surface area contributed by atoms with E-state index in [1.54, 1.807) is 6.07 Å². The van der Waals surface area contributed by atoms with Crippen molar-refractivity contribution in [3.63, 3.8) is 0 Å². The van der Waals surface area contributed by atoms with E-state index >= 15 is 0 Å². The monoisotopic (exact) mass is 488 g/mol. The van der Waals surface area contributed by atoms with Gasteiger partial charge in [0.1, 0.15) is 0 Å². The minimum Gasteiger partial charge on any atom is -0.194 e. The van der Waals surface area contributed by atoms with Gasteiger partial charge in [-0.25, -0.2) is 0 Å². The highest BCUT2D eigenvalue weighted by Gasteiger charge is 2.73. The van der Waals surface area contributed by atoms with Crippen LogP contribution in [-0.4, -0.2) is 12.1 Å². The summed E-state index contributed by atoms with van der Waals surface area (Å²) in [5.41, 5.74) is -0.954. The highest BCUT2D eigenvalue weighted by atomic mass is 79.9. The Hall–Kier alpha value is -1.39. The van der Waals surface area contributed by atoms with Crippen LogP contribution in [0.3, 0.4) is 0 Å². The van der Waals surface area contributed by atoms with Crippen LogP contribution in [0.5, 0.6) is 0 Å². The number of benzene rings is 1. The average Bonchev–Trinajstić information content (AvgIpc) is 3.22. The molecule has 0 unspecified atom stereocenters. The SMILES string of the molecule is FC(F)(F)C(F)(F)C(F)(F)c1ccc(-c2ccc(-c3ccc(Br)s3)s2)cc1. The van der Waals surface area contributed by atoms with E-state index in [0.29, 0.717) is 22.6 Å². The maximum Gasteiger partial charge on any atom is 0.460 e. The molecular formula is C17H8BrF7S2. The van der Waals surface area contributed by atoms with E-state index in [1.807, 2.05) is 18.2 Å². The summed E-state index contributed by atoms with van der Waals surface area (Å²) in [4.78, 5) is 2.57. The third-order valence-electron chi connectivity index (χ3n) is 3.70. The van der Waals surface area contributed by atoms with E-state index < -0.39 is 23.6 Å². The Kier molecular flexibility index (Phi) is 5.19. The van der Waals surface area contributed by atoms with E-state index in [9.17, 15) is 30.7 Å². The third-order valence-corrected chi connectivity index (χ3v) is 6.66. The molecule has 0 bridgehead atoms. The van der Waals surface area contributed by atoms with Gasteiger partial charge in [0, 0.05) is 20.2 Å². The van der Waals surface area contributed by atoms with Gasteiger partial charge in [-0.05, 0) is 45.8 Å². The highest BCUT2D eigenvalue weighted by molar-refractivity contribution is 9.11. The van der Waals surface area contributed by atoms with Gasteiger partial charge in [0.05, 0.1) is 3.79 Å². The van der Waals surface area contributed by atoms with Crippen molar-refractivity contribution in [3.05, 3.63) is 57.9 Å². The molecule has 2 aromatic heterocycles. The molecule has 0 N–H and O–H groups in total. The summed E-state index contributed by atoms with van der Waals surface area (Å²) in [5, 5.41) is 0. The molecule has 3 rings (SSSR count). The zero-order valence-corrected chi connectivity index (χ0v) is 16.2. The van der Waals surface area contributed by atoms with Crippen LogP contribution in [0.15, 0.2) is 52.3 Å². The first-order valence-electron chi connectivity index (χ1n) is 7.22. The Morgan fingerprint density at radius 1 is 0.630 bits per heavy atom. The molecule has 0 atom stereocenters. The second kappa shape index (κ2) is 6.89. The predicted molar refractivity (Wildman–Crippen MR) is 95.7 cm³/mol.